The van der Waals surface area contributed by atoms with Gasteiger partial charge in [-0.25, -0.2) is 4.79 Å². The lowest BCUT2D eigenvalue weighted by atomic mass is 10.1. The van der Waals surface area contributed by atoms with Crippen LogP contribution in [0.3, 0.4) is 0 Å². The van der Waals surface area contributed by atoms with E-state index in [1.54, 1.807) is 23.2 Å². The predicted molar refractivity (Wildman–Crippen MR) is 107 cm³/mol. The first-order valence-electron chi connectivity index (χ1n) is 9.49. The summed E-state index contributed by atoms with van der Waals surface area (Å²) >= 11 is 0. The number of likely N-dealkylation sites (tertiary alicyclic amines) is 1. The molecular formula is C19H30N6O3. The number of pyridine rings is 1. The molecule has 154 valence electrons. The normalized spacial score (nSPS) is 14.9. The first-order valence-corrected chi connectivity index (χ1v) is 9.49. The maximum atomic E-state index is 12.0. The van der Waals surface area contributed by atoms with Gasteiger partial charge in [-0.15, -0.1) is 0 Å². The molecule has 2 heterocycles. The Morgan fingerprint density at radius 2 is 2.07 bits per heavy atom. The third kappa shape index (κ3) is 7.05. The summed E-state index contributed by atoms with van der Waals surface area (Å²) in [6, 6.07) is 3.55. The van der Waals surface area contributed by atoms with Gasteiger partial charge in [0.25, 0.3) is 5.91 Å². The van der Waals surface area contributed by atoms with Crippen molar-refractivity contribution in [2.24, 2.45) is 4.99 Å². The molecule has 1 aliphatic heterocycles. The Bertz CT molecular complexity index is 681. The van der Waals surface area contributed by atoms with E-state index in [9.17, 15) is 9.59 Å². The van der Waals surface area contributed by atoms with Crippen molar-refractivity contribution in [3.63, 3.8) is 0 Å². The number of rotatable bonds is 6. The Morgan fingerprint density at radius 1 is 1.32 bits per heavy atom. The van der Waals surface area contributed by atoms with Gasteiger partial charge in [0, 0.05) is 38.6 Å². The summed E-state index contributed by atoms with van der Waals surface area (Å²) in [6.45, 7) is 10.2. The van der Waals surface area contributed by atoms with Crippen molar-refractivity contribution in [2.45, 2.75) is 39.3 Å². The van der Waals surface area contributed by atoms with E-state index < -0.39 is 5.60 Å². The largest absolute Gasteiger partial charge is 0.444 e. The summed E-state index contributed by atoms with van der Waals surface area (Å²) in [5.74, 6) is 0.486. The second kappa shape index (κ2) is 9.91. The molecule has 1 aromatic rings. The fourth-order valence-corrected chi connectivity index (χ4v) is 2.50. The molecule has 28 heavy (non-hydrogen) atoms. The second-order valence-corrected chi connectivity index (χ2v) is 7.48. The van der Waals surface area contributed by atoms with Gasteiger partial charge >= 0.3 is 6.09 Å². The molecule has 2 amide bonds. The van der Waals surface area contributed by atoms with Crippen LogP contribution in [0.5, 0.6) is 0 Å². The van der Waals surface area contributed by atoms with Gasteiger partial charge in [-0.05, 0) is 39.8 Å². The van der Waals surface area contributed by atoms with Crippen molar-refractivity contribution in [3.05, 3.63) is 30.1 Å². The van der Waals surface area contributed by atoms with E-state index in [1.807, 2.05) is 27.7 Å². The van der Waals surface area contributed by atoms with Gasteiger partial charge in [-0.3, -0.25) is 14.8 Å². The number of nitrogens with one attached hydrogen (secondary N) is 3. The van der Waals surface area contributed by atoms with Gasteiger partial charge in [0.15, 0.2) is 5.96 Å². The third-order valence-corrected chi connectivity index (χ3v) is 3.81. The monoisotopic (exact) mass is 390 g/mol. The smallest absolute Gasteiger partial charge is 0.410 e. The number of aliphatic imine (C=N–C) groups is 1. The number of hydrogen-bond acceptors (Lipinski definition) is 5. The van der Waals surface area contributed by atoms with Crippen molar-refractivity contribution in [3.8, 4) is 0 Å². The number of aromatic nitrogens is 1. The van der Waals surface area contributed by atoms with Crippen LogP contribution in [-0.4, -0.2) is 72.2 Å². The fourth-order valence-electron chi connectivity index (χ4n) is 2.50. The molecule has 9 nitrogen and oxygen atoms in total. The number of carbonyl (C=O) groups excluding carboxylic acids is 2. The molecule has 0 bridgehead atoms. The van der Waals surface area contributed by atoms with Crippen molar-refractivity contribution in [2.75, 3.05) is 32.7 Å². The topological polar surface area (TPSA) is 108 Å². The summed E-state index contributed by atoms with van der Waals surface area (Å²) in [5, 5.41) is 9.26. The number of ether oxygens (including phenoxy) is 1. The molecule has 1 fully saturated rings. The van der Waals surface area contributed by atoms with Crippen LogP contribution in [-0.2, 0) is 4.74 Å². The Morgan fingerprint density at radius 3 is 2.68 bits per heavy atom. The maximum Gasteiger partial charge on any atom is 0.410 e. The fraction of sp³-hybridized carbons (Fsp3) is 0.579. The SMILES string of the molecule is CCNC(=NCCNC(=O)c1cccnc1)NC1CN(C(=O)OC(C)(C)C)C1. The standard InChI is InChI=1S/C19H30N6O3/c1-5-21-17(23-10-9-22-16(26)14-7-6-8-20-11-14)24-15-12-25(13-15)18(27)28-19(2,3)4/h6-8,11,15H,5,9-10,12-13H2,1-4H3,(H,22,26)(H2,21,23,24). The summed E-state index contributed by atoms with van der Waals surface area (Å²) in [5.41, 5.74) is 0.0277. The van der Waals surface area contributed by atoms with Gasteiger partial charge in [0.05, 0.1) is 18.2 Å². The van der Waals surface area contributed by atoms with E-state index in [4.69, 9.17) is 4.74 Å². The average Bonchev–Trinajstić information content (AvgIpc) is 2.60. The van der Waals surface area contributed by atoms with E-state index in [0.29, 0.717) is 37.7 Å². The molecule has 0 aliphatic carbocycles. The molecule has 0 unspecified atom stereocenters. The molecular weight excluding hydrogens is 360 g/mol. The number of nitrogens with zero attached hydrogens (tertiary/aromatic N) is 3. The Hall–Kier alpha value is -2.84. The molecule has 1 aromatic heterocycles. The quantitative estimate of drug-likeness (QED) is 0.380. The number of amides is 2. The molecule has 1 saturated heterocycles. The van der Waals surface area contributed by atoms with Gasteiger partial charge in [0.1, 0.15) is 5.60 Å². The molecule has 0 spiro atoms. The lowest BCUT2D eigenvalue weighted by molar-refractivity contribution is 0.00700. The summed E-state index contributed by atoms with van der Waals surface area (Å²) < 4.78 is 5.35. The average molecular weight is 390 g/mol. The molecule has 9 heteroatoms. The van der Waals surface area contributed by atoms with Gasteiger partial charge in [-0.2, -0.15) is 0 Å². The maximum absolute atomic E-state index is 12.0. The molecule has 2 rings (SSSR count). The van der Waals surface area contributed by atoms with Crippen LogP contribution in [0.15, 0.2) is 29.5 Å². The van der Waals surface area contributed by atoms with E-state index >= 15 is 0 Å². The van der Waals surface area contributed by atoms with Crippen LogP contribution in [0.1, 0.15) is 38.1 Å². The van der Waals surface area contributed by atoms with E-state index in [1.165, 1.54) is 6.20 Å². The lowest BCUT2D eigenvalue weighted by Gasteiger charge is -2.40. The third-order valence-electron chi connectivity index (χ3n) is 3.81. The first kappa shape index (κ1) is 21.5. The van der Waals surface area contributed by atoms with Crippen molar-refractivity contribution < 1.29 is 14.3 Å². The van der Waals surface area contributed by atoms with Crippen LogP contribution in [0.2, 0.25) is 0 Å². The number of hydrogen-bond donors (Lipinski definition) is 3. The number of carbonyl (C=O) groups is 2. The Kier molecular flexibility index (Phi) is 7.60. The highest BCUT2D eigenvalue weighted by Gasteiger charge is 2.34. The Balaban J connectivity index is 1.73. The van der Waals surface area contributed by atoms with Gasteiger partial charge in [-0.1, -0.05) is 0 Å². The highest BCUT2D eigenvalue weighted by atomic mass is 16.6. The zero-order valence-electron chi connectivity index (χ0n) is 17.0. The van der Waals surface area contributed by atoms with Crippen LogP contribution in [0.4, 0.5) is 4.79 Å². The molecule has 1 aliphatic rings. The summed E-state index contributed by atoms with van der Waals surface area (Å²) in [7, 11) is 0. The lowest BCUT2D eigenvalue weighted by Crippen LogP contribution is -2.63. The van der Waals surface area contributed by atoms with Gasteiger partial charge in [0.2, 0.25) is 0 Å². The van der Waals surface area contributed by atoms with Gasteiger partial charge < -0.3 is 25.6 Å². The highest BCUT2D eigenvalue weighted by Crippen LogP contribution is 2.15. The van der Waals surface area contributed by atoms with Crippen molar-refractivity contribution >= 4 is 18.0 Å². The molecule has 0 atom stereocenters. The van der Waals surface area contributed by atoms with E-state index in [2.05, 4.69) is 25.9 Å². The zero-order chi connectivity index (χ0) is 20.6. The minimum absolute atomic E-state index is 0.121. The van der Waals surface area contributed by atoms with Crippen LogP contribution in [0, 0.1) is 0 Å². The van der Waals surface area contributed by atoms with E-state index in [0.717, 1.165) is 6.54 Å². The number of guanidine groups is 1. The van der Waals surface area contributed by atoms with Crippen LogP contribution in [0.25, 0.3) is 0 Å². The first-order chi connectivity index (χ1) is 13.3. The molecule has 3 N–H and O–H groups in total. The summed E-state index contributed by atoms with van der Waals surface area (Å²) in [4.78, 5) is 34.0. The minimum atomic E-state index is -0.494. The van der Waals surface area contributed by atoms with Crippen molar-refractivity contribution in [1.29, 1.82) is 0 Å². The van der Waals surface area contributed by atoms with E-state index in [-0.39, 0.29) is 18.0 Å². The second-order valence-electron chi connectivity index (χ2n) is 7.48. The highest BCUT2D eigenvalue weighted by molar-refractivity contribution is 5.93. The van der Waals surface area contributed by atoms with Crippen molar-refractivity contribution in [1.82, 2.24) is 25.8 Å². The summed E-state index contributed by atoms with van der Waals surface area (Å²) in [6.07, 6.45) is 2.85. The molecule has 0 aromatic carbocycles. The predicted octanol–water partition coefficient (Wildman–Crippen LogP) is 0.986. The minimum Gasteiger partial charge on any atom is -0.444 e. The van der Waals surface area contributed by atoms with Crippen LogP contribution >= 0.6 is 0 Å². The molecule has 0 saturated carbocycles. The van der Waals surface area contributed by atoms with Crippen LogP contribution < -0.4 is 16.0 Å². The molecule has 0 radical (unpaired) electrons. The Labute approximate surface area is 165 Å². The zero-order valence-corrected chi connectivity index (χ0v) is 17.0.